The van der Waals surface area contributed by atoms with Crippen molar-refractivity contribution >= 4 is 17.1 Å². The molecule has 0 unspecified atom stereocenters. The van der Waals surface area contributed by atoms with E-state index < -0.39 is 0 Å². The maximum absolute atomic E-state index is 2.54. The van der Waals surface area contributed by atoms with E-state index in [-0.39, 0.29) is 10.8 Å². The van der Waals surface area contributed by atoms with Gasteiger partial charge in [0.2, 0.25) is 0 Å². The molecule has 0 N–H and O–H groups in total. The maximum Gasteiger partial charge on any atom is 0.0556 e. The number of rotatable bonds is 5. The second-order valence-electron chi connectivity index (χ2n) is 14.5. The van der Waals surface area contributed by atoms with Crippen LogP contribution >= 0.6 is 0 Å². The lowest BCUT2D eigenvalue weighted by Crippen LogP contribution is -2.26. The lowest BCUT2D eigenvalue weighted by Gasteiger charge is -2.38. The fourth-order valence-corrected chi connectivity index (χ4v) is 8.81. The summed E-state index contributed by atoms with van der Waals surface area (Å²) in [7, 11) is 0. The molecule has 0 spiro atoms. The Hall–Kier alpha value is -5.66. The molecule has 9 rings (SSSR count). The van der Waals surface area contributed by atoms with Crippen LogP contribution in [0.4, 0.5) is 17.1 Å². The Morgan fingerprint density at radius 1 is 0.367 bits per heavy atom. The minimum absolute atomic E-state index is 0.255. The molecule has 2 aliphatic carbocycles. The molecule has 0 radical (unpaired) electrons. The fourth-order valence-electron chi connectivity index (χ4n) is 8.81. The Morgan fingerprint density at radius 2 is 0.776 bits per heavy atom. The lowest BCUT2D eigenvalue weighted by atomic mass is 9.73. The van der Waals surface area contributed by atoms with Gasteiger partial charge in [-0.1, -0.05) is 161 Å². The first kappa shape index (κ1) is 29.5. The van der Waals surface area contributed by atoms with Crippen LogP contribution < -0.4 is 4.90 Å². The van der Waals surface area contributed by atoms with Gasteiger partial charge in [0.25, 0.3) is 0 Å². The Balaban J connectivity index is 1.50. The molecule has 2 aliphatic rings. The van der Waals surface area contributed by atoms with Gasteiger partial charge in [0, 0.05) is 22.2 Å². The van der Waals surface area contributed by atoms with E-state index in [2.05, 4.69) is 196 Å². The zero-order chi connectivity index (χ0) is 33.3. The van der Waals surface area contributed by atoms with E-state index in [1.807, 2.05) is 0 Å². The van der Waals surface area contributed by atoms with Crippen molar-refractivity contribution in [2.24, 2.45) is 0 Å². The normalized spacial score (nSPS) is 14.4. The van der Waals surface area contributed by atoms with Crippen LogP contribution in [-0.4, -0.2) is 0 Å². The summed E-state index contributed by atoms with van der Waals surface area (Å²) in [5.74, 6) is 0. The summed E-state index contributed by atoms with van der Waals surface area (Å²) in [4.78, 5) is 2.54. The number of fused-ring (bicyclic) bond motifs is 6. The molecule has 0 atom stereocenters. The molecule has 0 aliphatic heterocycles. The predicted molar refractivity (Wildman–Crippen MR) is 207 cm³/mol. The van der Waals surface area contributed by atoms with Crippen molar-refractivity contribution in [2.75, 3.05) is 4.90 Å². The van der Waals surface area contributed by atoms with E-state index in [1.54, 1.807) is 0 Å². The van der Waals surface area contributed by atoms with E-state index in [0.717, 1.165) is 11.4 Å². The van der Waals surface area contributed by atoms with Gasteiger partial charge in [-0.05, 0) is 97.1 Å². The second-order valence-corrected chi connectivity index (χ2v) is 14.5. The number of benzene rings is 7. The number of para-hydroxylation sites is 2. The molecule has 0 saturated carbocycles. The maximum atomic E-state index is 2.54. The second kappa shape index (κ2) is 10.9. The van der Waals surface area contributed by atoms with Crippen LogP contribution in [0, 0.1) is 0 Å². The summed E-state index contributed by atoms with van der Waals surface area (Å²) < 4.78 is 0. The zero-order valence-electron chi connectivity index (χ0n) is 28.5. The third kappa shape index (κ3) is 4.32. The van der Waals surface area contributed by atoms with Crippen LogP contribution in [-0.2, 0) is 10.8 Å². The average Bonchev–Trinajstić information content (AvgIpc) is 3.53. The zero-order valence-corrected chi connectivity index (χ0v) is 28.5. The standard InChI is InChI=1S/C48H39N/c1-47(2)39-29-16-14-27-37(39)42-41(34-22-18-21-33(31-34)32-19-8-5-9-20-32)43-38-28-15-17-30-40(38)48(3,4)45(43)46(44(42)47)49(35-23-10-6-11-24-35)36-25-12-7-13-26-36/h5-31H,1-4H3. The number of hydrogen-bond acceptors (Lipinski definition) is 1. The van der Waals surface area contributed by atoms with Crippen LogP contribution in [0.25, 0.3) is 44.5 Å². The van der Waals surface area contributed by atoms with Crippen molar-refractivity contribution in [1.82, 2.24) is 0 Å². The summed E-state index contributed by atoms with van der Waals surface area (Å²) >= 11 is 0. The van der Waals surface area contributed by atoms with Crippen molar-refractivity contribution in [3.63, 3.8) is 0 Å². The topological polar surface area (TPSA) is 3.24 Å². The SMILES string of the molecule is CC1(C)c2ccccc2-c2c(-c3cccc(-c4ccccc4)c3)c3c(c(N(c4ccccc4)c4ccccc4)c21)C(C)(C)c1ccccc1-3. The van der Waals surface area contributed by atoms with Crippen molar-refractivity contribution in [2.45, 2.75) is 38.5 Å². The molecule has 0 amide bonds. The molecule has 0 bridgehead atoms. The highest BCUT2D eigenvalue weighted by Crippen LogP contribution is 2.66. The van der Waals surface area contributed by atoms with Gasteiger partial charge < -0.3 is 4.90 Å². The molecule has 236 valence electrons. The Bertz CT molecular complexity index is 2240. The Kier molecular flexibility index (Phi) is 6.58. The van der Waals surface area contributed by atoms with Crippen molar-refractivity contribution in [1.29, 1.82) is 0 Å². The molecule has 0 saturated heterocycles. The summed E-state index contributed by atoms with van der Waals surface area (Å²) in [6.07, 6.45) is 0. The van der Waals surface area contributed by atoms with Crippen LogP contribution in [0.3, 0.4) is 0 Å². The highest BCUT2D eigenvalue weighted by Gasteiger charge is 2.48. The molecule has 7 aromatic rings. The third-order valence-electron chi connectivity index (χ3n) is 11.0. The Morgan fingerprint density at radius 3 is 1.29 bits per heavy atom. The summed E-state index contributed by atoms with van der Waals surface area (Å²) in [5, 5.41) is 0. The average molecular weight is 630 g/mol. The molecule has 7 aromatic carbocycles. The predicted octanol–water partition coefficient (Wildman–Crippen LogP) is 13.1. The lowest BCUT2D eigenvalue weighted by molar-refractivity contribution is 0.640. The van der Waals surface area contributed by atoms with Gasteiger partial charge in [-0.15, -0.1) is 0 Å². The summed E-state index contributed by atoms with van der Waals surface area (Å²) in [5.41, 5.74) is 19.1. The van der Waals surface area contributed by atoms with Crippen LogP contribution in [0.1, 0.15) is 49.9 Å². The van der Waals surface area contributed by atoms with E-state index >= 15 is 0 Å². The molecule has 1 nitrogen and oxygen atoms in total. The first-order chi connectivity index (χ1) is 23.9. The number of hydrogen-bond donors (Lipinski definition) is 0. The van der Waals surface area contributed by atoms with Crippen LogP contribution in [0.15, 0.2) is 164 Å². The van der Waals surface area contributed by atoms with Gasteiger partial charge in [-0.25, -0.2) is 0 Å². The first-order valence-electron chi connectivity index (χ1n) is 17.4. The Labute approximate surface area is 290 Å². The van der Waals surface area contributed by atoms with Crippen molar-refractivity contribution in [3.8, 4) is 44.5 Å². The first-order valence-corrected chi connectivity index (χ1v) is 17.4. The van der Waals surface area contributed by atoms with Crippen molar-refractivity contribution in [3.05, 3.63) is 186 Å². The van der Waals surface area contributed by atoms with Crippen LogP contribution in [0.2, 0.25) is 0 Å². The highest BCUT2D eigenvalue weighted by atomic mass is 15.2. The fraction of sp³-hybridized carbons (Fsp3) is 0.125. The monoisotopic (exact) mass is 629 g/mol. The van der Waals surface area contributed by atoms with Gasteiger partial charge in [0.15, 0.2) is 0 Å². The van der Waals surface area contributed by atoms with E-state index in [1.165, 1.54) is 72.4 Å². The molecule has 0 aromatic heterocycles. The van der Waals surface area contributed by atoms with Gasteiger partial charge >= 0.3 is 0 Å². The van der Waals surface area contributed by atoms with Gasteiger partial charge in [-0.3, -0.25) is 0 Å². The van der Waals surface area contributed by atoms with E-state index in [4.69, 9.17) is 0 Å². The summed E-state index contributed by atoms with van der Waals surface area (Å²) in [6.45, 7) is 9.73. The molecular weight excluding hydrogens is 591 g/mol. The molecular formula is C48H39N. The largest absolute Gasteiger partial charge is 0.310 e. The molecule has 1 heteroatoms. The molecule has 0 heterocycles. The van der Waals surface area contributed by atoms with Crippen molar-refractivity contribution < 1.29 is 0 Å². The summed E-state index contributed by atoms with van der Waals surface area (Å²) in [6, 6.07) is 60.2. The molecule has 49 heavy (non-hydrogen) atoms. The minimum Gasteiger partial charge on any atom is -0.310 e. The number of nitrogens with zero attached hydrogens (tertiary/aromatic N) is 1. The van der Waals surface area contributed by atoms with Gasteiger partial charge in [0.1, 0.15) is 0 Å². The van der Waals surface area contributed by atoms with Gasteiger partial charge in [-0.2, -0.15) is 0 Å². The van der Waals surface area contributed by atoms with Gasteiger partial charge in [0.05, 0.1) is 5.69 Å². The highest BCUT2D eigenvalue weighted by molar-refractivity contribution is 6.09. The smallest absolute Gasteiger partial charge is 0.0556 e. The minimum atomic E-state index is -0.255. The van der Waals surface area contributed by atoms with E-state index in [0.29, 0.717) is 0 Å². The van der Waals surface area contributed by atoms with E-state index in [9.17, 15) is 0 Å². The quantitative estimate of drug-likeness (QED) is 0.183. The number of anilines is 3. The third-order valence-corrected chi connectivity index (χ3v) is 11.0. The van der Waals surface area contributed by atoms with Crippen LogP contribution in [0.5, 0.6) is 0 Å². The molecule has 0 fully saturated rings.